The molecular formula is C21H22F2N2O5S. The van der Waals surface area contributed by atoms with Crippen LogP contribution in [0.15, 0.2) is 47.4 Å². The van der Waals surface area contributed by atoms with Gasteiger partial charge in [0, 0.05) is 31.3 Å². The fraction of sp³-hybridized carbons (Fsp3) is 0.333. The molecule has 0 aliphatic carbocycles. The fourth-order valence-corrected chi connectivity index (χ4v) is 4.71. The fourth-order valence-electron chi connectivity index (χ4n) is 3.19. The molecule has 2 aromatic carbocycles. The lowest BCUT2D eigenvalue weighted by Crippen LogP contribution is -2.27. The molecule has 1 fully saturated rings. The summed E-state index contributed by atoms with van der Waals surface area (Å²) in [7, 11) is -3.49. The number of rotatable bonds is 8. The molecule has 0 atom stereocenters. The Morgan fingerprint density at radius 2 is 1.61 bits per heavy atom. The first-order valence-corrected chi connectivity index (χ1v) is 11.2. The molecule has 0 saturated carbocycles. The highest BCUT2D eigenvalue weighted by Crippen LogP contribution is 2.21. The van der Waals surface area contributed by atoms with Crippen LogP contribution in [0, 0.1) is 11.6 Å². The number of carbonyl (C=O) groups excluding carboxylic acids is 2. The molecule has 31 heavy (non-hydrogen) atoms. The van der Waals surface area contributed by atoms with Gasteiger partial charge in [0.15, 0.2) is 6.61 Å². The molecule has 1 aliphatic rings. The zero-order valence-corrected chi connectivity index (χ0v) is 17.5. The summed E-state index contributed by atoms with van der Waals surface area (Å²) in [6, 6.07) is 8.86. The Labute approximate surface area is 179 Å². The largest absolute Gasteiger partial charge is 0.456 e. The van der Waals surface area contributed by atoms with Gasteiger partial charge in [-0.2, -0.15) is 4.31 Å². The second-order valence-corrected chi connectivity index (χ2v) is 9.06. The van der Waals surface area contributed by atoms with E-state index in [9.17, 15) is 26.8 Å². The van der Waals surface area contributed by atoms with Crippen molar-refractivity contribution in [3.63, 3.8) is 0 Å². The summed E-state index contributed by atoms with van der Waals surface area (Å²) in [5.74, 6) is -3.04. The molecule has 1 N–H and O–H groups in total. The second-order valence-electron chi connectivity index (χ2n) is 7.12. The Morgan fingerprint density at radius 1 is 1.00 bits per heavy atom. The van der Waals surface area contributed by atoms with Gasteiger partial charge in [-0.25, -0.2) is 17.2 Å². The van der Waals surface area contributed by atoms with E-state index < -0.39 is 40.1 Å². The highest BCUT2D eigenvalue weighted by Gasteiger charge is 2.26. The molecule has 0 unspecified atom stereocenters. The summed E-state index contributed by atoms with van der Waals surface area (Å²) in [6.45, 7) is 0.458. The summed E-state index contributed by atoms with van der Waals surface area (Å²) in [5.41, 5.74) is 0.666. The quantitative estimate of drug-likeness (QED) is 0.622. The number of hydrogen-bond acceptors (Lipinski definition) is 5. The van der Waals surface area contributed by atoms with E-state index in [-0.39, 0.29) is 17.0 Å². The van der Waals surface area contributed by atoms with Crippen LogP contribution < -0.4 is 5.32 Å². The Kier molecular flexibility index (Phi) is 7.34. The van der Waals surface area contributed by atoms with Gasteiger partial charge in [0.05, 0.1) is 4.90 Å². The Bertz CT molecular complexity index is 1030. The summed E-state index contributed by atoms with van der Waals surface area (Å²) in [5, 5.41) is 2.24. The summed E-state index contributed by atoms with van der Waals surface area (Å²) < 4.78 is 57.5. The van der Waals surface area contributed by atoms with E-state index in [0.29, 0.717) is 25.6 Å². The first-order chi connectivity index (χ1) is 14.7. The van der Waals surface area contributed by atoms with Crippen molar-refractivity contribution in [2.75, 3.05) is 25.0 Å². The first-order valence-electron chi connectivity index (χ1n) is 9.75. The number of carbonyl (C=O) groups is 2. The number of sulfonamides is 1. The summed E-state index contributed by atoms with van der Waals surface area (Å²) >= 11 is 0. The van der Waals surface area contributed by atoms with Crippen molar-refractivity contribution in [3.05, 3.63) is 59.7 Å². The number of hydrogen-bond donors (Lipinski definition) is 1. The normalized spacial score (nSPS) is 14.4. The van der Waals surface area contributed by atoms with Gasteiger partial charge in [-0.15, -0.1) is 0 Å². The molecular weight excluding hydrogens is 430 g/mol. The second kappa shape index (κ2) is 9.97. The van der Waals surface area contributed by atoms with E-state index in [4.69, 9.17) is 4.74 Å². The van der Waals surface area contributed by atoms with E-state index in [0.717, 1.165) is 30.5 Å². The molecule has 10 heteroatoms. The van der Waals surface area contributed by atoms with E-state index in [1.165, 1.54) is 16.4 Å². The minimum atomic E-state index is -3.49. The molecule has 1 aliphatic heterocycles. The number of anilines is 1. The monoisotopic (exact) mass is 452 g/mol. The lowest BCUT2D eigenvalue weighted by molar-refractivity contribution is -0.147. The Morgan fingerprint density at radius 3 is 2.23 bits per heavy atom. The van der Waals surface area contributed by atoms with Gasteiger partial charge in [-0.1, -0.05) is 12.1 Å². The van der Waals surface area contributed by atoms with Crippen molar-refractivity contribution in [3.8, 4) is 0 Å². The van der Waals surface area contributed by atoms with E-state index in [1.807, 2.05) is 0 Å². The van der Waals surface area contributed by atoms with Crippen molar-refractivity contribution in [2.24, 2.45) is 0 Å². The van der Waals surface area contributed by atoms with Crippen LogP contribution in [-0.2, 0) is 30.8 Å². The molecule has 2 aromatic rings. The van der Waals surface area contributed by atoms with Gasteiger partial charge in [-0.05, 0) is 49.1 Å². The van der Waals surface area contributed by atoms with E-state index in [1.54, 1.807) is 12.1 Å². The van der Waals surface area contributed by atoms with Gasteiger partial charge < -0.3 is 10.1 Å². The van der Waals surface area contributed by atoms with Gasteiger partial charge >= 0.3 is 5.97 Å². The molecule has 0 aromatic heterocycles. The van der Waals surface area contributed by atoms with Crippen LogP contribution in [0.4, 0.5) is 14.5 Å². The zero-order chi connectivity index (χ0) is 22.4. The number of benzene rings is 2. The smallest absolute Gasteiger partial charge is 0.306 e. The first kappa shape index (κ1) is 22.8. The van der Waals surface area contributed by atoms with Gasteiger partial charge in [-0.3, -0.25) is 9.59 Å². The summed E-state index contributed by atoms with van der Waals surface area (Å²) in [6.07, 6.45) is 2.01. The van der Waals surface area contributed by atoms with Crippen LogP contribution in [0.2, 0.25) is 0 Å². The standard InChI is InChI=1S/C21H22F2N2O5S/c22-16-11-17(23)13-18(12-16)24-20(26)14-30-21(27)8-5-15-3-6-19(7-4-15)31(28,29)25-9-1-2-10-25/h3-4,6-7,11-13H,1-2,5,8-10,14H2,(H,24,26). The van der Waals surface area contributed by atoms with Crippen molar-refractivity contribution in [2.45, 2.75) is 30.6 Å². The number of nitrogens with zero attached hydrogens (tertiary/aromatic N) is 1. The Hall–Kier alpha value is -2.85. The molecule has 3 rings (SSSR count). The minimum absolute atomic E-state index is 0.0138. The zero-order valence-electron chi connectivity index (χ0n) is 16.6. The molecule has 1 amide bonds. The average molecular weight is 452 g/mol. The van der Waals surface area contributed by atoms with Crippen LogP contribution >= 0.6 is 0 Å². The third kappa shape index (κ3) is 6.31. The predicted octanol–water partition coefficient (Wildman–Crippen LogP) is 2.86. The number of halogens is 2. The number of ether oxygens (including phenoxy) is 1. The topological polar surface area (TPSA) is 92.8 Å². The number of amides is 1. The molecule has 7 nitrogen and oxygen atoms in total. The maximum Gasteiger partial charge on any atom is 0.306 e. The maximum absolute atomic E-state index is 13.1. The van der Waals surface area contributed by atoms with Crippen LogP contribution in [0.1, 0.15) is 24.8 Å². The number of nitrogens with one attached hydrogen (secondary N) is 1. The minimum Gasteiger partial charge on any atom is -0.456 e. The predicted molar refractivity (Wildman–Crippen MR) is 109 cm³/mol. The molecule has 1 heterocycles. The number of esters is 1. The number of aryl methyl sites for hydroxylation is 1. The average Bonchev–Trinajstić information content (AvgIpc) is 3.26. The van der Waals surface area contributed by atoms with Crippen LogP contribution in [0.5, 0.6) is 0 Å². The van der Waals surface area contributed by atoms with Crippen LogP contribution in [-0.4, -0.2) is 44.3 Å². The van der Waals surface area contributed by atoms with Crippen LogP contribution in [0.3, 0.4) is 0 Å². The molecule has 0 bridgehead atoms. The lowest BCUT2D eigenvalue weighted by Gasteiger charge is -2.15. The van der Waals surface area contributed by atoms with Crippen LogP contribution in [0.25, 0.3) is 0 Å². The van der Waals surface area contributed by atoms with Crippen molar-refractivity contribution >= 4 is 27.6 Å². The van der Waals surface area contributed by atoms with Gasteiger partial charge in [0.25, 0.3) is 5.91 Å². The molecule has 166 valence electrons. The summed E-state index contributed by atoms with van der Waals surface area (Å²) in [4.78, 5) is 23.8. The third-order valence-corrected chi connectivity index (χ3v) is 6.67. The third-order valence-electron chi connectivity index (χ3n) is 4.75. The SMILES string of the molecule is O=C(COC(=O)CCc1ccc(S(=O)(=O)N2CCCC2)cc1)Nc1cc(F)cc(F)c1. The molecule has 1 saturated heterocycles. The molecule has 0 spiro atoms. The highest BCUT2D eigenvalue weighted by atomic mass is 32.2. The van der Waals surface area contributed by atoms with Gasteiger partial charge in [0.1, 0.15) is 11.6 Å². The van der Waals surface area contributed by atoms with E-state index in [2.05, 4.69) is 5.32 Å². The molecule has 0 radical (unpaired) electrons. The highest BCUT2D eigenvalue weighted by molar-refractivity contribution is 7.89. The van der Waals surface area contributed by atoms with Crippen molar-refractivity contribution < 1.29 is 31.5 Å². The van der Waals surface area contributed by atoms with Gasteiger partial charge in [0.2, 0.25) is 10.0 Å². The van der Waals surface area contributed by atoms with E-state index >= 15 is 0 Å². The van der Waals surface area contributed by atoms with Crippen molar-refractivity contribution in [1.29, 1.82) is 0 Å². The van der Waals surface area contributed by atoms with Crippen molar-refractivity contribution in [1.82, 2.24) is 4.31 Å². The lowest BCUT2D eigenvalue weighted by atomic mass is 10.1. The maximum atomic E-state index is 13.1. The Balaban J connectivity index is 1.44.